The third-order valence-corrected chi connectivity index (χ3v) is 5.41. The van der Waals surface area contributed by atoms with E-state index in [1.54, 1.807) is 20.3 Å². The van der Waals surface area contributed by atoms with Gasteiger partial charge in [0, 0.05) is 21.7 Å². The number of aromatic nitrogens is 2. The Morgan fingerprint density at radius 3 is 2.26 bits per heavy atom. The van der Waals surface area contributed by atoms with Crippen molar-refractivity contribution >= 4 is 35.4 Å². The summed E-state index contributed by atoms with van der Waals surface area (Å²) in [6, 6.07) is 20.1. The molecule has 172 valence electrons. The van der Waals surface area contributed by atoms with Gasteiger partial charge in [-0.3, -0.25) is 0 Å². The molecule has 0 fully saturated rings. The first-order chi connectivity index (χ1) is 16.5. The summed E-state index contributed by atoms with van der Waals surface area (Å²) in [5.74, 6) is 1.34. The maximum atomic E-state index is 10.1. The van der Waals surface area contributed by atoms with Crippen molar-refractivity contribution in [3.8, 4) is 39.8 Å². The molecule has 0 radical (unpaired) electrons. The zero-order chi connectivity index (χ0) is 24.1. The first-order valence-electron chi connectivity index (χ1n) is 10.1. The van der Waals surface area contributed by atoms with E-state index >= 15 is 0 Å². The van der Waals surface area contributed by atoms with E-state index in [1.165, 1.54) is 12.3 Å². The number of nitrogens with one attached hydrogen (secondary N) is 1. The summed E-state index contributed by atoms with van der Waals surface area (Å²) < 4.78 is 10.8. The van der Waals surface area contributed by atoms with Crippen LogP contribution in [0.15, 0.2) is 71.8 Å². The third-order valence-electron chi connectivity index (χ3n) is 4.90. The van der Waals surface area contributed by atoms with E-state index in [0.29, 0.717) is 33.5 Å². The van der Waals surface area contributed by atoms with Crippen molar-refractivity contribution < 1.29 is 14.6 Å². The molecule has 0 atom stereocenters. The van der Waals surface area contributed by atoms with Crippen molar-refractivity contribution in [1.29, 1.82) is 0 Å². The first kappa shape index (κ1) is 23.4. The zero-order valence-electron chi connectivity index (χ0n) is 18.3. The van der Waals surface area contributed by atoms with Crippen molar-refractivity contribution in [2.45, 2.75) is 0 Å². The van der Waals surface area contributed by atoms with Crippen LogP contribution in [0.4, 0.5) is 5.95 Å². The smallest absolute Gasteiger partial charge is 0.244 e. The highest BCUT2D eigenvalue weighted by atomic mass is 35.5. The second kappa shape index (κ2) is 10.4. The van der Waals surface area contributed by atoms with E-state index in [0.717, 1.165) is 11.1 Å². The summed E-state index contributed by atoms with van der Waals surface area (Å²) in [5, 5.41) is 14.8. The molecule has 7 nitrogen and oxygen atoms in total. The number of hydrogen-bond donors (Lipinski definition) is 2. The van der Waals surface area contributed by atoms with Crippen LogP contribution in [0.1, 0.15) is 5.56 Å². The molecule has 2 N–H and O–H groups in total. The summed E-state index contributed by atoms with van der Waals surface area (Å²) >= 11 is 12.0. The fraction of sp³-hybridized carbons (Fsp3) is 0.0800. The van der Waals surface area contributed by atoms with Gasteiger partial charge >= 0.3 is 0 Å². The standard InChI is InChI=1S/C25H20Cl2N4O3/c1-33-22-9-8-16(11-23(22)34-2)21-13-20(15-6-4-3-5-7-15)29-25(30-21)31-28-14-17-10-18(26)12-19(27)24(17)32/h3-14,32H,1-2H3,(H,29,30,31)/b28-14+. The number of ether oxygens (including phenoxy) is 2. The molecule has 0 aliphatic carbocycles. The summed E-state index contributed by atoms with van der Waals surface area (Å²) in [4.78, 5) is 9.19. The number of hydrazone groups is 1. The van der Waals surface area contributed by atoms with Crippen molar-refractivity contribution in [2.75, 3.05) is 19.6 Å². The largest absolute Gasteiger partial charge is 0.506 e. The summed E-state index contributed by atoms with van der Waals surface area (Å²) in [7, 11) is 3.16. The summed E-state index contributed by atoms with van der Waals surface area (Å²) in [6.07, 6.45) is 1.39. The lowest BCUT2D eigenvalue weighted by atomic mass is 10.1. The van der Waals surface area contributed by atoms with Crippen molar-refractivity contribution in [3.63, 3.8) is 0 Å². The van der Waals surface area contributed by atoms with Crippen molar-refractivity contribution in [1.82, 2.24) is 9.97 Å². The fourth-order valence-electron chi connectivity index (χ4n) is 3.24. The molecule has 34 heavy (non-hydrogen) atoms. The number of phenolic OH excluding ortho intramolecular Hbond substituents is 1. The third kappa shape index (κ3) is 5.22. The number of nitrogens with zero attached hydrogens (tertiary/aromatic N) is 3. The van der Waals surface area contributed by atoms with E-state index in [9.17, 15) is 5.11 Å². The molecule has 0 aliphatic rings. The lowest BCUT2D eigenvalue weighted by Crippen LogP contribution is -2.01. The van der Waals surface area contributed by atoms with E-state index in [4.69, 9.17) is 32.7 Å². The van der Waals surface area contributed by atoms with Crippen molar-refractivity contribution in [3.05, 3.63) is 82.3 Å². The molecular formula is C25H20Cl2N4O3. The van der Waals surface area contributed by atoms with Crippen LogP contribution in [0, 0.1) is 0 Å². The number of halogens is 2. The summed E-state index contributed by atoms with van der Waals surface area (Å²) in [6.45, 7) is 0. The van der Waals surface area contributed by atoms with E-state index in [2.05, 4.69) is 20.5 Å². The Hall–Kier alpha value is -3.81. The minimum atomic E-state index is -0.124. The molecule has 0 saturated heterocycles. The van der Waals surface area contributed by atoms with Gasteiger partial charge in [-0.25, -0.2) is 15.4 Å². The SMILES string of the molecule is COc1ccc(-c2cc(-c3ccccc3)nc(N/N=C/c3cc(Cl)cc(Cl)c3O)n2)cc1OC. The number of rotatable bonds is 7. The molecule has 0 spiro atoms. The molecule has 0 amide bonds. The van der Waals surface area contributed by atoms with Crippen LogP contribution < -0.4 is 14.9 Å². The minimum absolute atomic E-state index is 0.124. The summed E-state index contributed by atoms with van der Waals surface area (Å²) in [5.41, 5.74) is 6.25. The first-order valence-corrected chi connectivity index (χ1v) is 10.9. The molecule has 0 aliphatic heterocycles. The Morgan fingerprint density at radius 2 is 1.56 bits per heavy atom. The van der Waals surface area contributed by atoms with E-state index < -0.39 is 0 Å². The van der Waals surface area contributed by atoms with Crippen LogP contribution in [0.25, 0.3) is 22.5 Å². The van der Waals surface area contributed by atoms with Gasteiger partial charge in [0.25, 0.3) is 0 Å². The molecule has 4 rings (SSSR count). The molecule has 9 heteroatoms. The zero-order valence-corrected chi connectivity index (χ0v) is 19.8. The van der Waals surface area contributed by atoms with Gasteiger partial charge in [-0.1, -0.05) is 53.5 Å². The average molecular weight is 495 g/mol. The molecular weight excluding hydrogens is 475 g/mol. The Bertz CT molecular complexity index is 1350. The lowest BCUT2D eigenvalue weighted by Gasteiger charge is -2.11. The second-order valence-electron chi connectivity index (χ2n) is 7.09. The van der Waals surface area contributed by atoms with Gasteiger partial charge in [0.1, 0.15) is 5.75 Å². The van der Waals surface area contributed by atoms with Crippen LogP contribution >= 0.6 is 23.2 Å². The van der Waals surface area contributed by atoms with Gasteiger partial charge in [0.2, 0.25) is 5.95 Å². The normalized spacial score (nSPS) is 10.9. The number of aromatic hydroxyl groups is 1. The van der Waals surface area contributed by atoms with Gasteiger partial charge in [0.05, 0.1) is 36.8 Å². The topological polar surface area (TPSA) is 88.9 Å². The van der Waals surface area contributed by atoms with Crippen LogP contribution in [0.2, 0.25) is 10.0 Å². The predicted octanol–water partition coefficient (Wildman–Crippen LogP) is 6.29. The molecule has 0 saturated carbocycles. The molecule has 1 aromatic heterocycles. The minimum Gasteiger partial charge on any atom is -0.506 e. The predicted molar refractivity (Wildman–Crippen MR) is 135 cm³/mol. The Labute approximate surface area is 206 Å². The molecule has 4 aromatic rings. The van der Waals surface area contributed by atoms with Crippen LogP contribution in [0.3, 0.4) is 0 Å². The van der Waals surface area contributed by atoms with Gasteiger partial charge < -0.3 is 14.6 Å². The van der Waals surface area contributed by atoms with Gasteiger partial charge in [-0.05, 0) is 36.4 Å². The number of hydrogen-bond acceptors (Lipinski definition) is 7. The monoisotopic (exact) mass is 494 g/mol. The Balaban J connectivity index is 1.73. The van der Waals surface area contributed by atoms with Crippen LogP contribution in [0.5, 0.6) is 17.2 Å². The maximum absolute atomic E-state index is 10.1. The fourth-order valence-corrected chi connectivity index (χ4v) is 3.75. The number of benzene rings is 3. The molecule has 0 unspecified atom stereocenters. The second-order valence-corrected chi connectivity index (χ2v) is 7.94. The van der Waals surface area contributed by atoms with Crippen molar-refractivity contribution in [2.24, 2.45) is 5.10 Å². The molecule has 3 aromatic carbocycles. The number of methoxy groups -OCH3 is 2. The lowest BCUT2D eigenvalue weighted by molar-refractivity contribution is 0.355. The quantitative estimate of drug-likeness (QED) is 0.232. The van der Waals surface area contributed by atoms with Gasteiger partial charge in [-0.2, -0.15) is 5.10 Å². The average Bonchev–Trinajstić information content (AvgIpc) is 2.86. The van der Waals surface area contributed by atoms with Crippen LogP contribution in [-0.4, -0.2) is 35.5 Å². The van der Waals surface area contributed by atoms with Crippen LogP contribution in [-0.2, 0) is 0 Å². The van der Waals surface area contributed by atoms with Gasteiger partial charge in [-0.15, -0.1) is 0 Å². The van der Waals surface area contributed by atoms with E-state index in [1.807, 2.05) is 54.6 Å². The maximum Gasteiger partial charge on any atom is 0.244 e. The highest BCUT2D eigenvalue weighted by Gasteiger charge is 2.12. The molecule has 1 heterocycles. The number of anilines is 1. The van der Waals surface area contributed by atoms with Gasteiger partial charge in [0.15, 0.2) is 11.5 Å². The van der Waals surface area contributed by atoms with E-state index in [-0.39, 0.29) is 16.7 Å². The molecule has 0 bridgehead atoms. The highest BCUT2D eigenvalue weighted by molar-refractivity contribution is 6.36. The highest BCUT2D eigenvalue weighted by Crippen LogP contribution is 2.33. The Morgan fingerprint density at radius 1 is 0.853 bits per heavy atom. The Kier molecular flexibility index (Phi) is 7.15. The number of phenols is 1.